The van der Waals surface area contributed by atoms with E-state index in [1.54, 1.807) is 26.0 Å². The maximum Gasteiger partial charge on any atom is 0.308 e. The largest absolute Gasteiger partial charge is 0.456 e. The monoisotopic (exact) mass is 350 g/mol. The quantitative estimate of drug-likeness (QED) is 0.660. The molecule has 0 aromatic carbocycles. The fourth-order valence-corrected chi connectivity index (χ4v) is 3.05. The molecule has 0 unspecified atom stereocenters. The number of hydrogen-bond acceptors (Lipinski definition) is 8. The van der Waals surface area contributed by atoms with Gasteiger partial charge in [-0.05, 0) is 19.1 Å². The fourth-order valence-electron chi connectivity index (χ4n) is 3.05. The maximum absolute atomic E-state index is 12.0. The van der Waals surface area contributed by atoms with E-state index in [9.17, 15) is 15.0 Å². The third-order valence-corrected chi connectivity index (χ3v) is 4.43. The van der Waals surface area contributed by atoms with Gasteiger partial charge in [-0.15, -0.1) is 0 Å². The molecule has 3 rings (SSSR count). The van der Waals surface area contributed by atoms with Gasteiger partial charge in [0.05, 0.1) is 18.2 Å². The van der Waals surface area contributed by atoms with Crippen LogP contribution in [-0.4, -0.2) is 55.2 Å². The van der Waals surface area contributed by atoms with Gasteiger partial charge in [-0.1, -0.05) is 13.8 Å². The molecule has 1 aliphatic heterocycles. The van der Waals surface area contributed by atoms with Crippen molar-refractivity contribution >= 4 is 17.3 Å². The smallest absolute Gasteiger partial charge is 0.308 e. The number of rotatable bonds is 4. The predicted octanol–water partition coefficient (Wildman–Crippen LogP) is 0.0625. The molecule has 0 radical (unpaired) electrons. The van der Waals surface area contributed by atoms with Crippen LogP contribution in [0.4, 0.5) is 5.82 Å². The zero-order chi connectivity index (χ0) is 18.4. The molecule has 1 aliphatic rings. The Morgan fingerprint density at radius 3 is 2.88 bits per heavy atom. The molecule has 4 atom stereocenters. The number of aliphatic hydroxyl groups excluding tert-OH is 1. The first kappa shape index (κ1) is 17.6. The minimum atomic E-state index is -1.56. The molecule has 9 nitrogen and oxygen atoms in total. The molecule has 0 spiro atoms. The Morgan fingerprint density at radius 2 is 2.24 bits per heavy atom. The van der Waals surface area contributed by atoms with Gasteiger partial charge >= 0.3 is 5.97 Å². The van der Waals surface area contributed by atoms with Crippen molar-refractivity contribution in [2.24, 2.45) is 5.92 Å². The summed E-state index contributed by atoms with van der Waals surface area (Å²) in [5, 5.41) is 24.8. The fraction of sp³-hybridized carbons (Fsp3) is 0.562. The highest BCUT2D eigenvalue weighted by Gasteiger charge is 2.56. The lowest BCUT2D eigenvalue weighted by molar-refractivity contribution is -0.166. The van der Waals surface area contributed by atoms with Crippen molar-refractivity contribution in [3.8, 4) is 0 Å². The van der Waals surface area contributed by atoms with Crippen LogP contribution in [0.3, 0.4) is 0 Å². The van der Waals surface area contributed by atoms with Crippen LogP contribution >= 0.6 is 0 Å². The number of carbonyl (C=O) groups excluding carboxylic acids is 1. The van der Waals surface area contributed by atoms with E-state index in [1.165, 1.54) is 17.8 Å². The second-order valence-electron chi connectivity index (χ2n) is 6.68. The van der Waals surface area contributed by atoms with Crippen LogP contribution in [0.15, 0.2) is 18.5 Å². The molecule has 4 N–H and O–H groups in total. The number of anilines is 1. The number of hydrogen-bond donors (Lipinski definition) is 3. The Hall–Kier alpha value is -2.23. The second-order valence-corrected chi connectivity index (χ2v) is 6.68. The van der Waals surface area contributed by atoms with Gasteiger partial charge in [0.25, 0.3) is 0 Å². The van der Waals surface area contributed by atoms with Crippen LogP contribution in [0.25, 0.3) is 5.52 Å². The number of aliphatic hydroxyl groups is 2. The number of aromatic nitrogens is 3. The van der Waals surface area contributed by atoms with Gasteiger partial charge in [-0.2, -0.15) is 5.10 Å². The maximum atomic E-state index is 12.0. The van der Waals surface area contributed by atoms with E-state index in [2.05, 4.69) is 10.1 Å². The third-order valence-electron chi connectivity index (χ3n) is 4.43. The Bertz CT molecular complexity index is 788. The zero-order valence-electron chi connectivity index (χ0n) is 14.3. The predicted molar refractivity (Wildman–Crippen MR) is 87.4 cm³/mol. The normalized spacial score (nSPS) is 29.4. The number of ether oxygens (including phenoxy) is 2. The van der Waals surface area contributed by atoms with Crippen LogP contribution in [0, 0.1) is 5.92 Å². The molecule has 2 aromatic rings. The standard InChI is InChI=1S/C16H22N4O5/c1-8(2)15(22)25-13-11(6-21)24-12(16(13,3)23)9-4-5-10-14(17)18-7-19-20(9)10/h4-5,7-8,11-13,21,23H,6H2,1-3H3,(H2,17,18,19)/t11-,12+,13-,16+/m1/s1. The number of carbonyl (C=O) groups is 1. The van der Waals surface area contributed by atoms with E-state index in [-0.39, 0.29) is 5.92 Å². The van der Waals surface area contributed by atoms with E-state index < -0.39 is 36.5 Å². The molecule has 25 heavy (non-hydrogen) atoms. The van der Waals surface area contributed by atoms with Crippen molar-refractivity contribution in [1.82, 2.24) is 14.6 Å². The van der Waals surface area contributed by atoms with E-state index in [1.807, 2.05) is 0 Å². The number of nitrogens with two attached hydrogens (primary N) is 1. The average molecular weight is 350 g/mol. The van der Waals surface area contributed by atoms with Crippen molar-refractivity contribution < 1.29 is 24.5 Å². The highest BCUT2D eigenvalue weighted by atomic mass is 16.6. The Kier molecular flexibility index (Phi) is 4.40. The van der Waals surface area contributed by atoms with Gasteiger partial charge in [0, 0.05) is 0 Å². The van der Waals surface area contributed by atoms with E-state index in [4.69, 9.17) is 15.2 Å². The molecule has 1 saturated heterocycles. The SMILES string of the molecule is CC(C)C(=O)O[C@@H]1[C@@H](CO)O[C@@H](c2ccc3c(N)ncnn23)[C@]1(C)O. The summed E-state index contributed by atoms with van der Waals surface area (Å²) in [6.07, 6.45) is -1.43. The van der Waals surface area contributed by atoms with Crippen LogP contribution in [-0.2, 0) is 14.3 Å². The first-order valence-electron chi connectivity index (χ1n) is 8.04. The first-order valence-corrected chi connectivity index (χ1v) is 8.04. The van der Waals surface area contributed by atoms with E-state index in [0.29, 0.717) is 17.0 Å². The van der Waals surface area contributed by atoms with Gasteiger partial charge in [0.2, 0.25) is 0 Å². The van der Waals surface area contributed by atoms with Crippen molar-refractivity contribution in [2.45, 2.75) is 44.7 Å². The Morgan fingerprint density at radius 1 is 1.52 bits per heavy atom. The molecule has 0 bridgehead atoms. The molecular formula is C16H22N4O5. The first-order chi connectivity index (χ1) is 11.8. The van der Waals surface area contributed by atoms with Gasteiger partial charge in [0.1, 0.15) is 29.7 Å². The second kappa shape index (κ2) is 6.25. The highest BCUT2D eigenvalue weighted by molar-refractivity contribution is 5.72. The summed E-state index contributed by atoms with van der Waals surface area (Å²) >= 11 is 0. The lowest BCUT2D eigenvalue weighted by Crippen LogP contribution is -2.46. The molecule has 9 heteroatoms. The van der Waals surface area contributed by atoms with Crippen molar-refractivity contribution in [2.75, 3.05) is 12.3 Å². The molecular weight excluding hydrogens is 328 g/mol. The molecule has 0 amide bonds. The van der Waals surface area contributed by atoms with Crippen molar-refractivity contribution in [3.05, 3.63) is 24.2 Å². The summed E-state index contributed by atoms with van der Waals surface area (Å²) in [6.45, 7) is 4.50. The molecule has 0 saturated carbocycles. The summed E-state index contributed by atoms with van der Waals surface area (Å²) in [4.78, 5) is 15.9. The molecule has 2 aromatic heterocycles. The minimum absolute atomic E-state index is 0.292. The average Bonchev–Trinajstić information content (AvgIpc) is 3.08. The zero-order valence-corrected chi connectivity index (χ0v) is 14.3. The number of fused-ring (bicyclic) bond motifs is 1. The number of esters is 1. The summed E-state index contributed by atoms with van der Waals surface area (Å²) in [6, 6.07) is 3.42. The lowest BCUT2D eigenvalue weighted by atomic mass is 9.91. The molecule has 3 heterocycles. The van der Waals surface area contributed by atoms with Crippen LogP contribution in [0.5, 0.6) is 0 Å². The van der Waals surface area contributed by atoms with E-state index >= 15 is 0 Å². The molecule has 0 aliphatic carbocycles. The van der Waals surface area contributed by atoms with Crippen molar-refractivity contribution in [3.63, 3.8) is 0 Å². The highest BCUT2D eigenvalue weighted by Crippen LogP contribution is 2.43. The number of nitrogens with zero attached hydrogens (tertiary/aromatic N) is 3. The van der Waals surface area contributed by atoms with Gasteiger partial charge in [-0.25, -0.2) is 9.50 Å². The van der Waals surface area contributed by atoms with Gasteiger partial charge < -0.3 is 25.4 Å². The Balaban J connectivity index is 1.99. The van der Waals surface area contributed by atoms with Gasteiger partial charge in [-0.3, -0.25) is 4.79 Å². The lowest BCUT2D eigenvalue weighted by Gasteiger charge is -2.29. The molecule has 1 fully saturated rings. The Labute approximate surface area is 144 Å². The van der Waals surface area contributed by atoms with Crippen LogP contribution < -0.4 is 5.73 Å². The number of nitrogen functional groups attached to an aromatic ring is 1. The third kappa shape index (κ3) is 2.84. The van der Waals surface area contributed by atoms with Crippen molar-refractivity contribution in [1.29, 1.82) is 0 Å². The summed E-state index contributed by atoms with van der Waals surface area (Å²) < 4.78 is 12.7. The topological polar surface area (TPSA) is 132 Å². The minimum Gasteiger partial charge on any atom is -0.456 e. The van der Waals surface area contributed by atoms with Crippen LogP contribution in [0.1, 0.15) is 32.6 Å². The van der Waals surface area contributed by atoms with Gasteiger partial charge in [0.15, 0.2) is 11.9 Å². The molecule has 136 valence electrons. The summed E-state index contributed by atoms with van der Waals surface area (Å²) in [7, 11) is 0. The van der Waals surface area contributed by atoms with Crippen LogP contribution in [0.2, 0.25) is 0 Å². The summed E-state index contributed by atoms with van der Waals surface area (Å²) in [5.74, 6) is -0.546. The summed E-state index contributed by atoms with van der Waals surface area (Å²) in [5.41, 5.74) is 5.36. The van der Waals surface area contributed by atoms with E-state index in [0.717, 1.165) is 0 Å².